The normalized spacial score (nSPS) is 26.8. The first-order valence-corrected chi connectivity index (χ1v) is 8.55. The van der Waals surface area contributed by atoms with Gasteiger partial charge in [-0.05, 0) is 49.4 Å². The first-order chi connectivity index (χ1) is 11.5. The fourth-order valence-corrected chi connectivity index (χ4v) is 3.64. The fraction of sp³-hybridized carbons (Fsp3) is 0.556. The van der Waals surface area contributed by atoms with Crippen LogP contribution in [0.2, 0.25) is 0 Å². The van der Waals surface area contributed by atoms with Crippen molar-refractivity contribution in [2.24, 2.45) is 5.92 Å². The number of rotatable bonds is 5. The average Bonchev–Trinajstić information content (AvgIpc) is 2.80. The van der Waals surface area contributed by atoms with Crippen LogP contribution in [-0.2, 0) is 4.79 Å². The summed E-state index contributed by atoms with van der Waals surface area (Å²) in [6.07, 6.45) is 4.31. The quantitative estimate of drug-likeness (QED) is 0.665. The lowest BCUT2D eigenvalue weighted by Crippen LogP contribution is -2.53. The zero-order valence-electron chi connectivity index (χ0n) is 13.9. The molecule has 2 aliphatic rings. The number of urea groups is 1. The Kier molecular flexibility index (Phi) is 4.73. The molecule has 0 unspecified atom stereocenters. The molecule has 2 fully saturated rings. The molecule has 3 amide bonds. The second-order valence-electron chi connectivity index (χ2n) is 6.66. The van der Waals surface area contributed by atoms with Crippen LogP contribution in [0, 0.1) is 11.7 Å². The third-order valence-electron chi connectivity index (χ3n) is 5.11. The van der Waals surface area contributed by atoms with Gasteiger partial charge >= 0.3 is 6.03 Å². The van der Waals surface area contributed by atoms with Gasteiger partial charge < -0.3 is 10.1 Å². The first kappa shape index (κ1) is 16.7. The molecule has 6 heteroatoms. The molecule has 0 aromatic heterocycles. The summed E-state index contributed by atoms with van der Waals surface area (Å²) >= 11 is 0. The monoisotopic (exact) mass is 334 g/mol. The number of carbonyl (C=O) groups is 2. The van der Waals surface area contributed by atoms with Crippen molar-refractivity contribution in [1.82, 2.24) is 10.2 Å². The van der Waals surface area contributed by atoms with E-state index in [1.54, 1.807) is 12.1 Å². The summed E-state index contributed by atoms with van der Waals surface area (Å²) in [4.78, 5) is 26.3. The van der Waals surface area contributed by atoms with Gasteiger partial charge in [0.05, 0.1) is 6.61 Å². The first-order valence-electron chi connectivity index (χ1n) is 8.55. The van der Waals surface area contributed by atoms with Gasteiger partial charge in [-0.2, -0.15) is 0 Å². The lowest BCUT2D eigenvalue weighted by atomic mass is 9.73. The van der Waals surface area contributed by atoms with E-state index < -0.39 is 5.54 Å². The summed E-state index contributed by atoms with van der Waals surface area (Å²) in [6, 6.07) is 5.49. The zero-order valence-corrected chi connectivity index (χ0v) is 13.9. The van der Waals surface area contributed by atoms with Crippen LogP contribution in [0.4, 0.5) is 9.18 Å². The molecule has 0 radical (unpaired) electrons. The minimum Gasteiger partial charge on any atom is -0.494 e. The standard InChI is InChI=1S/C18H23FN2O3/c1-13-5-2-3-10-18(13)16(22)21(17(23)20-18)11-4-12-24-15-8-6-14(19)7-9-15/h6-9,13H,2-5,10-12H2,1H3,(H,20,23)/t13-,18-/m1/s1. The van der Waals surface area contributed by atoms with E-state index in [0.717, 1.165) is 25.7 Å². The average molecular weight is 334 g/mol. The van der Waals surface area contributed by atoms with Crippen LogP contribution in [0.15, 0.2) is 24.3 Å². The van der Waals surface area contributed by atoms with Crippen LogP contribution in [0.25, 0.3) is 0 Å². The van der Waals surface area contributed by atoms with Crippen molar-refractivity contribution in [2.45, 2.75) is 44.6 Å². The highest BCUT2D eigenvalue weighted by Crippen LogP contribution is 2.38. The number of hydrogen-bond donors (Lipinski definition) is 1. The number of imide groups is 1. The third-order valence-corrected chi connectivity index (χ3v) is 5.11. The van der Waals surface area contributed by atoms with Gasteiger partial charge in [0.1, 0.15) is 17.1 Å². The molecule has 3 rings (SSSR count). The number of amides is 3. The minimum atomic E-state index is -0.701. The number of benzene rings is 1. The molecule has 130 valence electrons. The van der Waals surface area contributed by atoms with E-state index in [-0.39, 0.29) is 23.7 Å². The number of nitrogens with one attached hydrogen (secondary N) is 1. The largest absolute Gasteiger partial charge is 0.494 e. The van der Waals surface area contributed by atoms with E-state index in [1.165, 1.54) is 17.0 Å². The molecule has 1 aromatic rings. The van der Waals surface area contributed by atoms with Gasteiger partial charge in [-0.1, -0.05) is 19.8 Å². The van der Waals surface area contributed by atoms with Crippen LogP contribution >= 0.6 is 0 Å². The summed E-state index contributed by atoms with van der Waals surface area (Å²) in [5, 5.41) is 2.94. The Hall–Kier alpha value is -2.11. The maximum atomic E-state index is 12.8. The lowest BCUT2D eigenvalue weighted by molar-refractivity contribution is -0.134. The van der Waals surface area contributed by atoms with Crippen molar-refractivity contribution >= 4 is 11.9 Å². The van der Waals surface area contributed by atoms with Crippen molar-refractivity contribution in [1.29, 1.82) is 0 Å². The molecule has 5 nitrogen and oxygen atoms in total. The molecular formula is C18H23FN2O3. The molecule has 1 saturated carbocycles. The molecule has 1 spiro atoms. The van der Waals surface area contributed by atoms with Gasteiger partial charge in [-0.25, -0.2) is 9.18 Å². The Morgan fingerprint density at radius 2 is 2.04 bits per heavy atom. The van der Waals surface area contributed by atoms with E-state index in [4.69, 9.17) is 4.74 Å². The summed E-state index contributed by atoms with van der Waals surface area (Å²) in [7, 11) is 0. The highest BCUT2D eigenvalue weighted by atomic mass is 19.1. The van der Waals surface area contributed by atoms with E-state index >= 15 is 0 Å². The smallest absolute Gasteiger partial charge is 0.325 e. The summed E-state index contributed by atoms with van der Waals surface area (Å²) in [6.45, 7) is 2.74. The third kappa shape index (κ3) is 3.09. The van der Waals surface area contributed by atoms with Crippen LogP contribution in [-0.4, -0.2) is 35.5 Å². The van der Waals surface area contributed by atoms with Crippen molar-refractivity contribution in [3.63, 3.8) is 0 Å². The lowest BCUT2D eigenvalue weighted by Gasteiger charge is -2.36. The molecule has 1 N–H and O–H groups in total. The molecule has 24 heavy (non-hydrogen) atoms. The molecular weight excluding hydrogens is 311 g/mol. The Bertz CT molecular complexity index is 619. The second-order valence-corrected chi connectivity index (χ2v) is 6.66. The van der Waals surface area contributed by atoms with Gasteiger partial charge in [0.25, 0.3) is 5.91 Å². The van der Waals surface area contributed by atoms with Crippen molar-refractivity contribution < 1.29 is 18.7 Å². The number of carbonyl (C=O) groups excluding carboxylic acids is 2. The molecule has 0 bridgehead atoms. The van der Waals surface area contributed by atoms with E-state index in [1.807, 2.05) is 6.92 Å². The second kappa shape index (κ2) is 6.79. The van der Waals surface area contributed by atoms with E-state index in [2.05, 4.69) is 5.32 Å². The van der Waals surface area contributed by atoms with Gasteiger partial charge in [0, 0.05) is 6.54 Å². The topological polar surface area (TPSA) is 58.6 Å². The van der Waals surface area contributed by atoms with Gasteiger partial charge in [-0.3, -0.25) is 9.69 Å². The molecule has 1 aromatic carbocycles. The molecule has 1 saturated heterocycles. The zero-order chi connectivity index (χ0) is 17.2. The molecule has 2 atom stereocenters. The Labute approximate surface area is 141 Å². The van der Waals surface area contributed by atoms with Crippen LogP contribution < -0.4 is 10.1 Å². The Balaban J connectivity index is 1.53. The van der Waals surface area contributed by atoms with Gasteiger partial charge in [-0.15, -0.1) is 0 Å². The minimum absolute atomic E-state index is 0.0958. The number of ether oxygens (including phenoxy) is 1. The molecule has 1 heterocycles. The number of halogens is 1. The SMILES string of the molecule is C[C@@H]1CCCC[C@@]12NC(=O)N(CCCOc1ccc(F)cc1)C2=O. The van der Waals surface area contributed by atoms with E-state index in [9.17, 15) is 14.0 Å². The Morgan fingerprint density at radius 1 is 1.29 bits per heavy atom. The highest BCUT2D eigenvalue weighted by molar-refractivity contribution is 6.07. The molecule has 1 aliphatic heterocycles. The molecule has 1 aliphatic carbocycles. The van der Waals surface area contributed by atoms with Gasteiger partial charge in [0.15, 0.2) is 0 Å². The summed E-state index contributed by atoms with van der Waals surface area (Å²) < 4.78 is 18.3. The fourth-order valence-electron chi connectivity index (χ4n) is 3.64. The predicted octanol–water partition coefficient (Wildman–Crippen LogP) is 3.10. The highest BCUT2D eigenvalue weighted by Gasteiger charge is 2.54. The van der Waals surface area contributed by atoms with Crippen molar-refractivity contribution in [3.05, 3.63) is 30.1 Å². The maximum absolute atomic E-state index is 12.8. The summed E-state index contributed by atoms with van der Waals surface area (Å²) in [5.74, 6) is 0.337. The van der Waals surface area contributed by atoms with Crippen LogP contribution in [0.5, 0.6) is 5.75 Å². The summed E-state index contributed by atoms with van der Waals surface area (Å²) in [5.41, 5.74) is -0.701. The van der Waals surface area contributed by atoms with E-state index in [0.29, 0.717) is 25.3 Å². The number of nitrogens with zero attached hydrogens (tertiary/aromatic N) is 1. The number of hydrogen-bond acceptors (Lipinski definition) is 3. The van der Waals surface area contributed by atoms with Crippen LogP contribution in [0.1, 0.15) is 39.0 Å². The predicted molar refractivity (Wildman–Crippen MR) is 87.1 cm³/mol. The van der Waals surface area contributed by atoms with Crippen molar-refractivity contribution in [3.8, 4) is 5.75 Å². The maximum Gasteiger partial charge on any atom is 0.325 e. The van der Waals surface area contributed by atoms with Gasteiger partial charge in [0.2, 0.25) is 0 Å². The van der Waals surface area contributed by atoms with Crippen molar-refractivity contribution in [2.75, 3.05) is 13.2 Å². The van der Waals surface area contributed by atoms with Crippen LogP contribution in [0.3, 0.4) is 0 Å². The Morgan fingerprint density at radius 3 is 2.75 bits per heavy atom.